The predicted octanol–water partition coefficient (Wildman–Crippen LogP) is 5.11. The number of aromatic nitrogens is 4. The van der Waals surface area contributed by atoms with Gasteiger partial charge in [0.1, 0.15) is 5.69 Å². The van der Waals surface area contributed by atoms with Gasteiger partial charge in [-0.15, -0.1) is 0 Å². The first-order chi connectivity index (χ1) is 19.5. The number of anilines is 2. The molecule has 4 aromatic rings. The van der Waals surface area contributed by atoms with Gasteiger partial charge in [-0.1, -0.05) is 30.6 Å². The van der Waals surface area contributed by atoms with Crippen LogP contribution >= 0.6 is 11.3 Å². The Hall–Kier alpha value is -3.96. The van der Waals surface area contributed by atoms with Crippen LogP contribution in [0.1, 0.15) is 50.3 Å². The molecule has 0 unspecified atom stereocenters. The topological polar surface area (TPSA) is 114 Å². The number of pyridine rings is 1. The SMILES string of the molecule is CC(=O)Nc1nc2c(s1)-c1c(c(-c3cccnc3)nn1-c1ccc(NC(=O)CNC3CCCCC3)cc1F)CC2. The first kappa shape index (κ1) is 26.3. The Kier molecular flexibility index (Phi) is 7.40. The van der Waals surface area contributed by atoms with Crippen LogP contribution in [-0.4, -0.2) is 44.1 Å². The van der Waals surface area contributed by atoms with Crippen molar-refractivity contribution in [2.75, 3.05) is 17.2 Å². The van der Waals surface area contributed by atoms with E-state index in [4.69, 9.17) is 5.10 Å². The van der Waals surface area contributed by atoms with Crippen LogP contribution in [0.3, 0.4) is 0 Å². The highest BCUT2D eigenvalue weighted by Gasteiger charge is 2.30. The molecule has 3 N–H and O–H groups in total. The largest absolute Gasteiger partial charge is 0.325 e. The summed E-state index contributed by atoms with van der Waals surface area (Å²) >= 11 is 1.35. The summed E-state index contributed by atoms with van der Waals surface area (Å²) in [5.41, 5.74) is 4.78. The number of fused-ring (bicyclic) bond motifs is 3. The predicted molar refractivity (Wildman–Crippen MR) is 153 cm³/mol. The van der Waals surface area contributed by atoms with Gasteiger partial charge in [0.15, 0.2) is 10.9 Å². The van der Waals surface area contributed by atoms with Crippen LogP contribution in [0, 0.1) is 5.82 Å². The summed E-state index contributed by atoms with van der Waals surface area (Å²) in [6.07, 6.45) is 10.6. The fourth-order valence-electron chi connectivity index (χ4n) is 5.49. The van der Waals surface area contributed by atoms with Crippen molar-refractivity contribution in [2.45, 2.75) is 57.9 Å². The maximum Gasteiger partial charge on any atom is 0.238 e. The molecule has 1 aromatic carbocycles. The number of rotatable bonds is 7. The van der Waals surface area contributed by atoms with Gasteiger partial charge in [0, 0.05) is 42.2 Å². The highest BCUT2D eigenvalue weighted by atomic mass is 32.1. The number of nitrogens with zero attached hydrogens (tertiary/aromatic N) is 4. The lowest BCUT2D eigenvalue weighted by Gasteiger charge is -2.22. The number of nitrogens with one attached hydrogen (secondary N) is 3. The molecule has 2 aliphatic carbocycles. The second-order valence-corrected chi connectivity index (χ2v) is 11.2. The third-order valence-corrected chi connectivity index (χ3v) is 8.36. The zero-order chi connectivity index (χ0) is 27.6. The fraction of sp³-hybridized carbons (Fsp3) is 0.345. The van der Waals surface area contributed by atoms with Gasteiger partial charge >= 0.3 is 0 Å². The molecule has 206 valence electrons. The summed E-state index contributed by atoms with van der Waals surface area (Å²) < 4.78 is 17.3. The van der Waals surface area contributed by atoms with Crippen LogP contribution in [0.2, 0.25) is 0 Å². The highest BCUT2D eigenvalue weighted by molar-refractivity contribution is 7.19. The second kappa shape index (κ2) is 11.3. The van der Waals surface area contributed by atoms with Crippen LogP contribution in [0.5, 0.6) is 0 Å². The molecule has 3 aromatic heterocycles. The van der Waals surface area contributed by atoms with Gasteiger partial charge in [0.05, 0.1) is 28.5 Å². The van der Waals surface area contributed by atoms with E-state index in [0.717, 1.165) is 45.9 Å². The number of halogens is 1. The number of amides is 2. The Labute approximate surface area is 235 Å². The zero-order valence-electron chi connectivity index (χ0n) is 22.2. The minimum absolute atomic E-state index is 0.194. The Bertz CT molecular complexity index is 1560. The van der Waals surface area contributed by atoms with Crippen molar-refractivity contribution in [2.24, 2.45) is 0 Å². The minimum Gasteiger partial charge on any atom is -0.325 e. The molecule has 0 bridgehead atoms. The van der Waals surface area contributed by atoms with Crippen molar-refractivity contribution < 1.29 is 14.0 Å². The summed E-state index contributed by atoms with van der Waals surface area (Å²) in [5.74, 6) is -0.916. The van der Waals surface area contributed by atoms with Crippen LogP contribution in [0.15, 0.2) is 42.7 Å². The van der Waals surface area contributed by atoms with Gasteiger partial charge in [0.2, 0.25) is 11.8 Å². The van der Waals surface area contributed by atoms with E-state index >= 15 is 4.39 Å². The average Bonchev–Trinajstić information content (AvgIpc) is 3.54. The van der Waals surface area contributed by atoms with Crippen molar-refractivity contribution >= 4 is 34.0 Å². The highest BCUT2D eigenvalue weighted by Crippen LogP contribution is 2.44. The van der Waals surface area contributed by atoms with E-state index in [1.54, 1.807) is 29.2 Å². The smallest absolute Gasteiger partial charge is 0.238 e. The Balaban J connectivity index is 1.32. The number of hydrogen-bond donors (Lipinski definition) is 3. The number of thiazole rings is 1. The van der Waals surface area contributed by atoms with Crippen molar-refractivity contribution in [3.05, 3.63) is 59.8 Å². The van der Waals surface area contributed by atoms with Crippen LogP contribution in [0.25, 0.3) is 27.5 Å². The van der Waals surface area contributed by atoms with Crippen molar-refractivity contribution in [1.29, 1.82) is 0 Å². The molecular weight excluding hydrogens is 529 g/mol. The number of carbonyl (C=O) groups excluding carboxylic acids is 2. The number of hydrogen-bond acceptors (Lipinski definition) is 7. The van der Waals surface area contributed by atoms with E-state index in [-0.39, 0.29) is 24.0 Å². The molecule has 0 saturated heterocycles. The van der Waals surface area contributed by atoms with Crippen LogP contribution in [-0.2, 0) is 22.4 Å². The molecule has 6 rings (SSSR count). The van der Waals surface area contributed by atoms with E-state index < -0.39 is 5.82 Å². The summed E-state index contributed by atoms with van der Waals surface area (Å²) in [4.78, 5) is 33.9. The summed E-state index contributed by atoms with van der Waals surface area (Å²) in [7, 11) is 0. The first-order valence-electron chi connectivity index (χ1n) is 13.6. The normalized spacial score (nSPS) is 14.8. The maximum atomic E-state index is 15.7. The van der Waals surface area contributed by atoms with Gasteiger partial charge in [-0.2, -0.15) is 5.10 Å². The van der Waals surface area contributed by atoms with Crippen molar-refractivity contribution in [3.8, 4) is 27.5 Å². The minimum atomic E-state index is -0.514. The van der Waals surface area contributed by atoms with Crippen LogP contribution in [0.4, 0.5) is 15.2 Å². The Morgan fingerprint density at radius 1 is 1.12 bits per heavy atom. The third-order valence-electron chi connectivity index (χ3n) is 7.34. The van der Waals surface area contributed by atoms with E-state index in [1.807, 2.05) is 12.1 Å². The Morgan fingerprint density at radius 3 is 2.73 bits per heavy atom. The molecule has 40 heavy (non-hydrogen) atoms. The molecule has 3 heterocycles. The lowest BCUT2D eigenvalue weighted by molar-refractivity contribution is -0.116. The average molecular weight is 560 g/mol. The number of carbonyl (C=O) groups is 2. The Morgan fingerprint density at radius 2 is 1.98 bits per heavy atom. The molecule has 1 fully saturated rings. The maximum absolute atomic E-state index is 15.7. The van der Waals surface area contributed by atoms with E-state index in [1.165, 1.54) is 43.6 Å². The van der Waals surface area contributed by atoms with Gasteiger partial charge in [-0.3, -0.25) is 14.6 Å². The third kappa shape index (κ3) is 5.39. The molecule has 1 saturated carbocycles. The summed E-state index contributed by atoms with van der Waals surface area (Å²) in [5, 5.41) is 14.3. The quantitative estimate of drug-likeness (QED) is 0.290. The molecule has 0 atom stereocenters. The van der Waals surface area contributed by atoms with Gasteiger partial charge in [-0.05, 0) is 56.0 Å². The van der Waals surface area contributed by atoms with Crippen molar-refractivity contribution in [1.82, 2.24) is 25.1 Å². The molecule has 9 nitrogen and oxygen atoms in total. The standard InChI is InChI=1S/C29H30FN7O2S/c1-17(38)33-29-35-23-11-10-21-26(18-6-5-13-31-15-18)36-37(27(21)28(23)40-29)24-12-9-20(14-22(24)30)34-25(39)16-32-19-7-3-2-4-8-19/h5-6,9,12-15,19,32H,2-4,7-8,10-11,16H2,1H3,(H,34,39)(H,33,35,38). The molecule has 11 heteroatoms. The van der Waals surface area contributed by atoms with E-state index in [0.29, 0.717) is 29.7 Å². The molecular formula is C29H30FN7O2S. The summed E-state index contributed by atoms with van der Waals surface area (Å²) in [6.45, 7) is 1.64. The molecule has 2 aliphatic rings. The first-order valence-corrected chi connectivity index (χ1v) is 14.4. The van der Waals surface area contributed by atoms with E-state index in [2.05, 4.69) is 25.9 Å². The van der Waals surface area contributed by atoms with Crippen LogP contribution < -0.4 is 16.0 Å². The number of aryl methyl sites for hydroxylation is 1. The monoisotopic (exact) mass is 559 g/mol. The fourth-order valence-corrected chi connectivity index (χ4v) is 6.60. The lowest BCUT2D eigenvalue weighted by Crippen LogP contribution is -2.37. The second-order valence-electron chi connectivity index (χ2n) is 10.2. The zero-order valence-corrected chi connectivity index (χ0v) is 23.0. The van der Waals surface area contributed by atoms with Crippen molar-refractivity contribution in [3.63, 3.8) is 0 Å². The van der Waals surface area contributed by atoms with Gasteiger partial charge in [0.25, 0.3) is 0 Å². The lowest BCUT2D eigenvalue weighted by atomic mass is 9.95. The van der Waals surface area contributed by atoms with E-state index in [9.17, 15) is 9.59 Å². The molecule has 0 spiro atoms. The van der Waals surface area contributed by atoms with Gasteiger partial charge in [-0.25, -0.2) is 14.1 Å². The van der Waals surface area contributed by atoms with Gasteiger partial charge < -0.3 is 16.0 Å². The molecule has 0 radical (unpaired) electrons. The number of benzene rings is 1. The summed E-state index contributed by atoms with van der Waals surface area (Å²) in [6, 6.07) is 8.78. The molecule has 2 amide bonds. The molecule has 0 aliphatic heterocycles.